The zero-order chi connectivity index (χ0) is 20.9. The van der Waals surface area contributed by atoms with Gasteiger partial charge < -0.3 is 10.6 Å². The molecule has 8 heteroatoms. The predicted octanol–water partition coefficient (Wildman–Crippen LogP) is 3.92. The summed E-state index contributed by atoms with van der Waals surface area (Å²) in [5.41, 5.74) is 2.70. The molecule has 0 aliphatic heterocycles. The number of para-hydroxylation sites is 1. The van der Waals surface area contributed by atoms with Crippen molar-refractivity contribution in [3.05, 3.63) is 90.0 Å². The molecule has 3 aromatic rings. The number of hydrogen-bond donors (Lipinski definition) is 3. The van der Waals surface area contributed by atoms with E-state index in [-0.39, 0.29) is 10.5 Å². The summed E-state index contributed by atoms with van der Waals surface area (Å²) in [6.07, 6.45) is 0. The fraction of sp³-hybridized carbons (Fsp3) is 0.0476. The minimum atomic E-state index is -3.99. The SMILES string of the molecule is Cc1ccc(C(=O)NS(=O)(=O)c2ccc(NC(=S)Nc3ccccc3)cc2)cc1. The van der Waals surface area contributed by atoms with E-state index in [1.165, 1.54) is 12.1 Å². The number of carbonyl (C=O) groups is 1. The van der Waals surface area contributed by atoms with Gasteiger partial charge in [-0.05, 0) is 67.7 Å². The first-order chi connectivity index (χ1) is 13.8. The quantitative estimate of drug-likeness (QED) is 0.537. The van der Waals surface area contributed by atoms with E-state index in [1.54, 1.807) is 36.4 Å². The van der Waals surface area contributed by atoms with E-state index in [2.05, 4.69) is 15.4 Å². The van der Waals surface area contributed by atoms with Crippen LogP contribution in [-0.4, -0.2) is 19.4 Å². The van der Waals surface area contributed by atoms with Crippen LogP contribution in [0.1, 0.15) is 15.9 Å². The van der Waals surface area contributed by atoms with Gasteiger partial charge in [-0.15, -0.1) is 0 Å². The van der Waals surface area contributed by atoms with Crippen molar-refractivity contribution in [1.82, 2.24) is 4.72 Å². The third-order valence-corrected chi connectivity index (χ3v) is 5.55. The smallest absolute Gasteiger partial charge is 0.264 e. The maximum Gasteiger partial charge on any atom is 0.264 e. The summed E-state index contributed by atoms with van der Waals surface area (Å²) in [6, 6.07) is 22.0. The number of anilines is 2. The molecule has 0 radical (unpaired) electrons. The molecule has 0 aromatic heterocycles. The summed E-state index contributed by atoms with van der Waals surface area (Å²) in [4.78, 5) is 12.2. The molecule has 0 unspecified atom stereocenters. The summed E-state index contributed by atoms with van der Waals surface area (Å²) in [6.45, 7) is 1.88. The second-order valence-corrected chi connectivity index (χ2v) is 8.36. The van der Waals surface area contributed by atoms with E-state index in [0.717, 1.165) is 11.3 Å². The second kappa shape index (κ2) is 8.85. The first kappa shape index (κ1) is 20.5. The second-order valence-electron chi connectivity index (χ2n) is 6.27. The van der Waals surface area contributed by atoms with E-state index in [1.807, 2.05) is 37.3 Å². The largest absolute Gasteiger partial charge is 0.332 e. The Balaban J connectivity index is 1.64. The number of rotatable bonds is 5. The topological polar surface area (TPSA) is 87.3 Å². The van der Waals surface area contributed by atoms with Crippen molar-refractivity contribution < 1.29 is 13.2 Å². The molecule has 3 N–H and O–H groups in total. The lowest BCUT2D eigenvalue weighted by atomic mass is 10.1. The third-order valence-electron chi connectivity index (χ3n) is 3.99. The van der Waals surface area contributed by atoms with Gasteiger partial charge in [0.25, 0.3) is 15.9 Å². The van der Waals surface area contributed by atoms with Gasteiger partial charge in [-0.2, -0.15) is 0 Å². The molecule has 3 aromatic carbocycles. The van der Waals surface area contributed by atoms with Crippen LogP contribution in [0.5, 0.6) is 0 Å². The standard InChI is InChI=1S/C21H19N3O3S2/c1-15-7-9-16(10-8-15)20(25)24-29(26,27)19-13-11-18(12-14-19)23-21(28)22-17-5-3-2-4-6-17/h2-14H,1H3,(H,24,25)(H2,22,23,28). The van der Waals surface area contributed by atoms with Crippen molar-refractivity contribution in [1.29, 1.82) is 0 Å². The summed E-state index contributed by atoms with van der Waals surface area (Å²) in [7, 11) is -3.99. The molecule has 0 atom stereocenters. The van der Waals surface area contributed by atoms with Gasteiger partial charge in [0.2, 0.25) is 0 Å². The van der Waals surface area contributed by atoms with Crippen LogP contribution in [0.4, 0.5) is 11.4 Å². The van der Waals surface area contributed by atoms with Crippen LogP contribution < -0.4 is 15.4 Å². The van der Waals surface area contributed by atoms with Crippen LogP contribution in [0.25, 0.3) is 0 Å². The summed E-state index contributed by atoms with van der Waals surface area (Å²) < 4.78 is 27.0. The molecule has 0 spiro atoms. The van der Waals surface area contributed by atoms with Crippen molar-refractivity contribution in [3.63, 3.8) is 0 Å². The molecule has 0 aliphatic rings. The average Bonchev–Trinajstić information content (AvgIpc) is 2.69. The number of sulfonamides is 1. The lowest BCUT2D eigenvalue weighted by Crippen LogP contribution is -2.30. The number of hydrogen-bond acceptors (Lipinski definition) is 4. The Hall–Kier alpha value is -3.23. The van der Waals surface area contributed by atoms with Gasteiger partial charge in [0.1, 0.15) is 0 Å². The van der Waals surface area contributed by atoms with Crippen molar-refractivity contribution in [2.24, 2.45) is 0 Å². The molecule has 0 bridgehead atoms. The molecule has 148 valence electrons. The van der Waals surface area contributed by atoms with E-state index in [0.29, 0.717) is 10.8 Å². The Morgan fingerprint density at radius 3 is 1.93 bits per heavy atom. The van der Waals surface area contributed by atoms with Crippen LogP contribution in [0.3, 0.4) is 0 Å². The number of carbonyl (C=O) groups excluding carboxylic acids is 1. The minimum Gasteiger partial charge on any atom is -0.332 e. The van der Waals surface area contributed by atoms with E-state index in [4.69, 9.17) is 12.2 Å². The van der Waals surface area contributed by atoms with E-state index >= 15 is 0 Å². The lowest BCUT2D eigenvalue weighted by molar-refractivity contribution is 0.0981. The van der Waals surface area contributed by atoms with Crippen LogP contribution in [-0.2, 0) is 10.0 Å². The van der Waals surface area contributed by atoms with Gasteiger partial charge >= 0.3 is 0 Å². The molecular formula is C21H19N3O3S2. The van der Waals surface area contributed by atoms with Gasteiger partial charge in [0.05, 0.1) is 4.90 Å². The highest BCUT2D eigenvalue weighted by atomic mass is 32.2. The van der Waals surface area contributed by atoms with Crippen LogP contribution >= 0.6 is 12.2 Å². The number of thiocarbonyl (C=S) groups is 1. The Morgan fingerprint density at radius 2 is 1.34 bits per heavy atom. The number of amides is 1. The first-order valence-electron chi connectivity index (χ1n) is 8.70. The summed E-state index contributed by atoms with van der Waals surface area (Å²) >= 11 is 5.25. The molecule has 0 aliphatic carbocycles. The monoisotopic (exact) mass is 425 g/mol. The zero-order valence-corrected chi connectivity index (χ0v) is 17.2. The molecule has 29 heavy (non-hydrogen) atoms. The highest BCUT2D eigenvalue weighted by molar-refractivity contribution is 7.90. The van der Waals surface area contributed by atoms with Gasteiger partial charge in [0.15, 0.2) is 5.11 Å². The average molecular weight is 426 g/mol. The van der Waals surface area contributed by atoms with Crippen LogP contribution in [0, 0.1) is 6.92 Å². The molecule has 0 fully saturated rings. The van der Waals surface area contributed by atoms with Gasteiger partial charge in [-0.3, -0.25) is 4.79 Å². The summed E-state index contributed by atoms with van der Waals surface area (Å²) in [5.74, 6) is -0.680. The fourth-order valence-electron chi connectivity index (χ4n) is 2.48. The normalized spacial score (nSPS) is 10.8. The zero-order valence-electron chi connectivity index (χ0n) is 15.5. The predicted molar refractivity (Wildman–Crippen MR) is 119 cm³/mol. The summed E-state index contributed by atoms with van der Waals surface area (Å²) in [5, 5.41) is 6.38. The van der Waals surface area contributed by atoms with E-state index < -0.39 is 15.9 Å². The maximum absolute atomic E-state index is 12.5. The Labute approximate surface area is 175 Å². The Morgan fingerprint density at radius 1 is 0.793 bits per heavy atom. The van der Waals surface area contributed by atoms with Gasteiger partial charge in [-0.1, -0.05) is 35.9 Å². The number of benzene rings is 3. The molecule has 0 heterocycles. The van der Waals surface area contributed by atoms with E-state index in [9.17, 15) is 13.2 Å². The molecule has 0 saturated carbocycles. The van der Waals surface area contributed by atoms with Gasteiger partial charge in [-0.25, -0.2) is 13.1 Å². The molecule has 6 nitrogen and oxygen atoms in total. The van der Waals surface area contributed by atoms with Crippen molar-refractivity contribution in [2.45, 2.75) is 11.8 Å². The van der Waals surface area contributed by atoms with Gasteiger partial charge in [0, 0.05) is 16.9 Å². The van der Waals surface area contributed by atoms with Crippen LogP contribution in [0.2, 0.25) is 0 Å². The fourth-order valence-corrected chi connectivity index (χ4v) is 3.69. The maximum atomic E-state index is 12.5. The van der Waals surface area contributed by atoms with Crippen molar-refractivity contribution >= 4 is 44.6 Å². The molecule has 1 amide bonds. The van der Waals surface area contributed by atoms with Crippen molar-refractivity contribution in [3.8, 4) is 0 Å². The van der Waals surface area contributed by atoms with Crippen LogP contribution in [0.15, 0.2) is 83.8 Å². The Kier molecular flexibility index (Phi) is 6.26. The molecule has 3 rings (SSSR count). The molecule has 0 saturated heterocycles. The third kappa shape index (κ3) is 5.63. The lowest BCUT2D eigenvalue weighted by Gasteiger charge is -2.11. The molecular weight excluding hydrogens is 406 g/mol. The highest BCUT2D eigenvalue weighted by Crippen LogP contribution is 2.15. The highest BCUT2D eigenvalue weighted by Gasteiger charge is 2.18. The minimum absolute atomic E-state index is 0.0227. The van der Waals surface area contributed by atoms with Crippen molar-refractivity contribution in [2.75, 3.05) is 10.6 Å². The number of nitrogens with one attached hydrogen (secondary N) is 3. The Bertz CT molecular complexity index is 1110. The first-order valence-corrected chi connectivity index (χ1v) is 10.6. The number of aryl methyl sites for hydroxylation is 1.